The Labute approximate surface area is 123 Å². The van der Waals surface area contributed by atoms with Crippen LogP contribution < -0.4 is 10.3 Å². The molecule has 110 valence electrons. The van der Waals surface area contributed by atoms with Crippen LogP contribution in [0.3, 0.4) is 0 Å². The van der Waals surface area contributed by atoms with Gasteiger partial charge in [-0.2, -0.15) is 10.2 Å². The van der Waals surface area contributed by atoms with Crippen molar-refractivity contribution in [2.75, 3.05) is 18.0 Å². The molecular weight excluding hydrogens is 268 g/mol. The Hall–Kier alpha value is -2.70. The second kappa shape index (κ2) is 7.18. The lowest BCUT2D eigenvalue weighted by atomic mass is 10.2. The van der Waals surface area contributed by atoms with Crippen molar-refractivity contribution in [3.8, 4) is 0 Å². The fourth-order valence-electron chi connectivity index (χ4n) is 1.89. The molecular formula is C14H18N6O. The summed E-state index contributed by atoms with van der Waals surface area (Å²) in [6.45, 7) is 6.18. The Morgan fingerprint density at radius 3 is 2.62 bits per heavy atom. The van der Waals surface area contributed by atoms with Crippen LogP contribution in [-0.2, 0) is 0 Å². The molecule has 0 unspecified atom stereocenters. The summed E-state index contributed by atoms with van der Waals surface area (Å²) < 4.78 is 0. The molecule has 1 amide bonds. The molecule has 0 bridgehead atoms. The first-order chi connectivity index (χ1) is 10.2. The molecule has 7 heteroatoms. The number of H-pyrrole nitrogens is 1. The number of rotatable bonds is 6. The maximum absolute atomic E-state index is 11.6. The monoisotopic (exact) mass is 286 g/mol. The van der Waals surface area contributed by atoms with Crippen LogP contribution in [0.25, 0.3) is 0 Å². The Kier molecular flexibility index (Phi) is 5.03. The molecule has 0 aliphatic carbocycles. The van der Waals surface area contributed by atoms with Crippen LogP contribution >= 0.6 is 0 Å². The summed E-state index contributed by atoms with van der Waals surface area (Å²) in [5.74, 6) is -0.299. The summed E-state index contributed by atoms with van der Waals surface area (Å²) in [5, 5.41) is 9.95. The van der Waals surface area contributed by atoms with Gasteiger partial charge in [-0.05, 0) is 31.5 Å². The average Bonchev–Trinajstić information content (AvgIpc) is 3.04. The van der Waals surface area contributed by atoms with Crippen LogP contribution in [0.2, 0.25) is 0 Å². The van der Waals surface area contributed by atoms with Gasteiger partial charge in [0.25, 0.3) is 0 Å². The van der Waals surface area contributed by atoms with Crippen molar-refractivity contribution < 1.29 is 4.79 Å². The summed E-state index contributed by atoms with van der Waals surface area (Å²) in [4.78, 5) is 17.5. The molecule has 0 saturated carbocycles. The number of nitrogens with one attached hydrogen (secondary N) is 2. The topological polar surface area (TPSA) is 86.3 Å². The van der Waals surface area contributed by atoms with Gasteiger partial charge in [-0.3, -0.25) is 9.89 Å². The first-order valence-corrected chi connectivity index (χ1v) is 6.78. The van der Waals surface area contributed by atoms with Crippen molar-refractivity contribution in [3.05, 3.63) is 42.0 Å². The maximum Gasteiger partial charge on any atom is 0.308 e. The SMILES string of the molecule is CCN(CC)c1ccc(/C=N\NC(=O)c2ncn[nH]2)cc1. The Morgan fingerprint density at radius 2 is 2.05 bits per heavy atom. The third kappa shape index (κ3) is 3.88. The Balaban J connectivity index is 1.94. The van der Waals surface area contributed by atoms with Crippen molar-refractivity contribution in [3.63, 3.8) is 0 Å². The number of aromatic amines is 1. The second-order valence-corrected chi connectivity index (χ2v) is 4.30. The fraction of sp³-hybridized carbons (Fsp3) is 0.286. The summed E-state index contributed by atoms with van der Waals surface area (Å²) >= 11 is 0. The molecule has 0 aliphatic heterocycles. The van der Waals surface area contributed by atoms with E-state index in [9.17, 15) is 4.79 Å². The van der Waals surface area contributed by atoms with Crippen molar-refractivity contribution in [2.45, 2.75) is 13.8 Å². The molecule has 1 heterocycles. The van der Waals surface area contributed by atoms with E-state index >= 15 is 0 Å². The van der Waals surface area contributed by atoms with Crippen LogP contribution in [0.1, 0.15) is 30.0 Å². The molecule has 0 spiro atoms. The van der Waals surface area contributed by atoms with Gasteiger partial charge in [0.15, 0.2) is 0 Å². The van der Waals surface area contributed by atoms with E-state index in [0.717, 1.165) is 18.7 Å². The smallest absolute Gasteiger partial charge is 0.308 e. The molecule has 0 saturated heterocycles. The maximum atomic E-state index is 11.6. The number of carbonyl (C=O) groups is 1. The predicted octanol–water partition coefficient (Wildman–Crippen LogP) is 1.41. The average molecular weight is 286 g/mol. The molecule has 2 rings (SSSR count). The number of hydrogen-bond acceptors (Lipinski definition) is 5. The van der Waals surface area contributed by atoms with Gasteiger partial charge >= 0.3 is 5.91 Å². The van der Waals surface area contributed by atoms with E-state index in [1.165, 1.54) is 12.0 Å². The zero-order valence-electron chi connectivity index (χ0n) is 12.1. The van der Waals surface area contributed by atoms with E-state index in [4.69, 9.17) is 0 Å². The number of carbonyl (C=O) groups excluding carboxylic acids is 1. The lowest BCUT2D eigenvalue weighted by molar-refractivity contribution is 0.0945. The fourth-order valence-corrected chi connectivity index (χ4v) is 1.89. The molecule has 21 heavy (non-hydrogen) atoms. The van der Waals surface area contributed by atoms with Crippen LogP contribution in [-0.4, -0.2) is 40.4 Å². The highest BCUT2D eigenvalue weighted by Gasteiger charge is 2.06. The number of aromatic nitrogens is 3. The van der Waals surface area contributed by atoms with Gasteiger partial charge in [0.05, 0.1) is 6.21 Å². The van der Waals surface area contributed by atoms with E-state index in [-0.39, 0.29) is 5.82 Å². The van der Waals surface area contributed by atoms with E-state index in [0.29, 0.717) is 0 Å². The molecule has 7 nitrogen and oxygen atoms in total. The van der Waals surface area contributed by atoms with E-state index in [2.05, 4.69) is 44.5 Å². The third-order valence-electron chi connectivity index (χ3n) is 3.03. The third-order valence-corrected chi connectivity index (χ3v) is 3.03. The second-order valence-electron chi connectivity index (χ2n) is 4.30. The summed E-state index contributed by atoms with van der Waals surface area (Å²) in [6.07, 6.45) is 2.85. The van der Waals surface area contributed by atoms with Crippen molar-refractivity contribution in [1.29, 1.82) is 0 Å². The first kappa shape index (κ1) is 14.7. The molecule has 0 fully saturated rings. The van der Waals surface area contributed by atoms with Crippen LogP contribution in [0.5, 0.6) is 0 Å². The molecule has 2 N–H and O–H groups in total. The quantitative estimate of drug-likeness (QED) is 0.621. The highest BCUT2D eigenvalue weighted by molar-refractivity contribution is 5.91. The number of nitrogens with zero attached hydrogens (tertiary/aromatic N) is 4. The van der Waals surface area contributed by atoms with Crippen molar-refractivity contribution in [1.82, 2.24) is 20.6 Å². The number of hydrogen-bond donors (Lipinski definition) is 2. The number of anilines is 1. The largest absolute Gasteiger partial charge is 0.372 e. The molecule has 0 radical (unpaired) electrons. The summed E-state index contributed by atoms with van der Waals surface area (Å²) in [7, 11) is 0. The molecule has 1 aromatic heterocycles. The van der Waals surface area contributed by atoms with Gasteiger partial charge in [-0.1, -0.05) is 12.1 Å². The number of benzene rings is 1. The number of hydrazone groups is 1. The van der Waals surface area contributed by atoms with Gasteiger partial charge < -0.3 is 4.90 Å². The molecule has 0 atom stereocenters. The van der Waals surface area contributed by atoms with Crippen LogP contribution in [0, 0.1) is 0 Å². The van der Waals surface area contributed by atoms with Gasteiger partial charge in [-0.25, -0.2) is 10.4 Å². The first-order valence-electron chi connectivity index (χ1n) is 6.78. The molecule has 1 aromatic carbocycles. The van der Waals surface area contributed by atoms with Crippen molar-refractivity contribution >= 4 is 17.8 Å². The minimum atomic E-state index is -0.427. The lowest BCUT2D eigenvalue weighted by Crippen LogP contribution is -2.21. The van der Waals surface area contributed by atoms with Crippen molar-refractivity contribution in [2.24, 2.45) is 5.10 Å². The minimum Gasteiger partial charge on any atom is -0.372 e. The molecule has 2 aromatic rings. The van der Waals surface area contributed by atoms with Crippen LogP contribution in [0.4, 0.5) is 5.69 Å². The predicted molar refractivity (Wildman–Crippen MR) is 81.4 cm³/mol. The van der Waals surface area contributed by atoms with Gasteiger partial charge in [0.1, 0.15) is 6.33 Å². The Bertz CT molecular complexity index is 586. The van der Waals surface area contributed by atoms with Gasteiger partial charge in [-0.15, -0.1) is 0 Å². The highest BCUT2D eigenvalue weighted by Crippen LogP contribution is 2.13. The van der Waals surface area contributed by atoms with E-state index in [1.54, 1.807) is 6.21 Å². The van der Waals surface area contributed by atoms with E-state index in [1.807, 2.05) is 24.3 Å². The Morgan fingerprint density at radius 1 is 1.33 bits per heavy atom. The zero-order chi connectivity index (χ0) is 15.1. The summed E-state index contributed by atoms with van der Waals surface area (Å²) in [5.41, 5.74) is 4.46. The zero-order valence-corrected chi connectivity index (χ0v) is 12.1. The molecule has 0 aliphatic rings. The summed E-state index contributed by atoms with van der Waals surface area (Å²) in [6, 6.07) is 7.98. The standard InChI is InChI=1S/C14H18N6O/c1-3-20(4-2)12-7-5-11(6-8-12)9-16-19-14(21)13-15-10-17-18-13/h5-10H,3-4H2,1-2H3,(H,19,21)(H,15,17,18)/b16-9-. The normalized spacial score (nSPS) is 10.8. The lowest BCUT2D eigenvalue weighted by Gasteiger charge is -2.20. The van der Waals surface area contributed by atoms with Crippen LogP contribution in [0.15, 0.2) is 35.7 Å². The highest BCUT2D eigenvalue weighted by atomic mass is 16.2. The van der Waals surface area contributed by atoms with Gasteiger partial charge in [0, 0.05) is 18.8 Å². The number of amides is 1. The van der Waals surface area contributed by atoms with Gasteiger partial charge in [0.2, 0.25) is 5.82 Å². The minimum absolute atomic E-state index is 0.129. The van der Waals surface area contributed by atoms with E-state index < -0.39 is 5.91 Å².